The molecule has 118 valence electrons. The van der Waals surface area contributed by atoms with Crippen molar-refractivity contribution < 1.29 is 4.79 Å². The predicted molar refractivity (Wildman–Crippen MR) is 93.5 cm³/mol. The van der Waals surface area contributed by atoms with Gasteiger partial charge in [-0.15, -0.1) is 0 Å². The molecule has 4 heteroatoms. The molecule has 0 fully saturated rings. The van der Waals surface area contributed by atoms with Crippen molar-refractivity contribution in [3.63, 3.8) is 0 Å². The minimum Gasteiger partial charge on any atom is -0.398 e. The lowest BCUT2D eigenvalue weighted by atomic mass is 10.1. The number of carbonyl (C=O) groups excluding carboxylic acids is 1. The maximum atomic E-state index is 12.7. The molecule has 1 aromatic carbocycles. The summed E-state index contributed by atoms with van der Waals surface area (Å²) in [4.78, 5) is 14.7. The van der Waals surface area contributed by atoms with Crippen LogP contribution in [0.3, 0.4) is 0 Å². The fraction of sp³-hybridized carbons (Fsp3) is 0.588. The van der Waals surface area contributed by atoms with Crippen molar-refractivity contribution in [1.82, 2.24) is 4.90 Å². The number of benzene rings is 1. The van der Waals surface area contributed by atoms with Gasteiger partial charge in [0.05, 0.1) is 5.56 Å². The van der Waals surface area contributed by atoms with E-state index in [0.29, 0.717) is 11.3 Å². The van der Waals surface area contributed by atoms with E-state index in [1.807, 2.05) is 17.0 Å². The van der Waals surface area contributed by atoms with Crippen LogP contribution in [0, 0.1) is 0 Å². The maximum Gasteiger partial charge on any atom is 0.255 e. The summed E-state index contributed by atoms with van der Waals surface area (Å²) >= 11 is 3.42. The Labute approximate surface area is 137 Å². The Hall–Kier alpha value is -1.03. The third kappa shape index (κ3) is 6.08. The number of nitrogens with two attached hydrogens (primary N) is 1. The number of amides is 1. The van der Waals surface area contributed by atoms with Gasteiger partial charge in [-0.05, 0) is 31.0 Å². The monoisotopic (exact) mass is 354 g/mol. The lowest BCUT2D eigenvalue weighted by Crippen LogP contribution is -2.33. The topological polar surface area (TPSA) is 46.3 Å². The second-order valence-corrected chi connectivity index (χ2v) is 6.35. The Balaban J connectivity index is 2.79. The molecule has 0 heterocycles. The zero-order valence-corrected chi connectivity index (χ0v) is 14.8. The zero-order chi connectivity index (χ0) is 15.7. The fourth-order valence-corrected chi connectivity index (χ4v) is 2.67. The summed E-state index contributed by atoms with van der Waals surface area (Å²) in [6.07, 6.45) is 6.76. The van der Waals surface area contributed by atoms with Crippen molar-refractivity contribution in [3.05, 3.63) is 28.2 Å². The molecular weight excluding hydrogens is 328 g/mol. The Bertz CT molecular complexity index is 438. The Morgan fingerprint density at radius 3 is 2.19 bits per heavy atom. The maximum absolute atomic E-state index is 12.7. The number of nitrogen functional groups attached to an aromatic ring is 1. The van der Waals surface area contributed by atoms with Crippen LogP contribution < -0.4 is 5.73 Å². The summed E-state index contributed by atoms with van der Waals surface area (Å²) in [5, 5.41) is 0. The second-order valence-electron chi connectivity index (χ2n) is 5.44. The third-order valence-corrected chi connectivity index (χ3v) is 4.09. The number of hydrogen-bond donors (Lipinski definition) is 1. The van der Waals surface area contributed by atoms with Crippen LogP contribution in [-0.2, 0) is 0 Å². The average molecular weight is 355 g/mol. The van der Waals surface area contributed by atoms with Gasteiger partial charge in [0.25, 0.3) is 5.91 Å². The lowest BCUT2D eigenvalue weighted by molar-refractivity contribution is 0.0750. The van der Waals surface area contributed by atoms with Crippen LogP contribution in [0.2, 0.25) is 0 Å². The normalized spacial score (nSPS) is 10.6. The molecule has 0 spiro atoms. The van der Waals surface area contributed by atoms with Gasteiger partial charge < -0.3 is 10.6 Å². The SMILES string of the molecule is CCCCCN(CCCCC)C(=O)c1cc(Br)ccc1N. The molecule has 0 aliphatic carbocycles. The smallest absolute Gasteiger partial charge is 0.255 e. The number of anilines is 1. The van der Waals surface area contributed by atoms with E-state index in [4.69, 9.17) is 5.73 Å². The number of unbranched alkanes of at least 4 members (excludes halogenated alkanes) is 4. The highest BCUT2D eigenvalue weighted by Crippen LogP contribution is 2.20. The number of rotatable bonds is 9. The molecular formula is C17H27BrN2O. The molecule has 0 aromatic heterocycles. The molecule has 3 nitrogen and oxygen atoms in total. The predicted octanol–water partition coefficient (Wildman–Crippen LogP) is 4.85. The van der Waals surface area contributed by atoms with Gasteiger partial charge in [0.1, 0.15) is 0 Å². The molecule has 21 heavy (non-hydrogen) atoms. The first kappa shape index (κ1) is 18.0. The molecule has 0 aliphatic rings. The van der Waals surface area contributed by atoms with Gasteiger partial charge in [-0.1, -0.05) is 55.5 Å². The molecule has 1 rings (SSSR count). The van der Waals surface area contributed by atoms with E-state index in [-0.39, 0.29) is 5.91 Å². The van der Waals surface area contributed by atoms with Gasteiger partial charge in [-0.3, -0.25) is 4.79 Å². The van der Waals surface area contributed by atoms with Crippen molar-refractivity contribution in [2.45, 2.75) is 52.4 Å². The highest BCUT2D eigenvalue weighted by molar-refractivity contribution is 9.10. The van der Waals surface area contributed by atoms with Crippen LogP contribution in [-0.4, -0.2) is 23.9 Å². The number of halogens is 1. The summed E-state index contributed by atoms with van der Waals surface area (Å²) in [5.41, 5.74) is 7.13. The van der Waals surface area contributed by atoms with E-state index in [1.165, 1.54) is 0 Å². The Kier molecular flexibility index (Phi) is 8.43. The van der Waals surface area contributed by atoms with Gasteiger partial charge in [-0.25, -0.2) is 0 Å². The molecule has 1 amide bonds. The van der Waals surface area contributed by atoms with Crippen LogP contribution in [0.25, 0.3) is 0 Å². The average Bonchev–Trinajstić information content (AvgIpc) is 2.48. The van der Waals surface area contributed by atoms with E-state index < -0.39 is 0 Å². The summed E-state index contributed by atoms with van der Waals surface area (Å²) in [6.45, 7) is 6.00. The standard InChI is InChI=1S/C17H27BrN2O/c1-3-5-7-11-20(12-8-6-4-2)17(21)15-13-14(18)9-10-16(15)19/h9-10,13H,3-8,11-12,19H2,1-2H3. The summed E-state index contributed by atoms with van der Waals surface area (Å²) < 4.78 is 0.891. The number of hydrogen-bond acceptors (Lipinski definition) is 2. The molecule has 0 bridgehead atoms. The van der Waals surface area contributed by atoms with Crippen molar-refractivity contribution >= 4 is 27.5 Å². The van der Waals surface area contributed by atoms with E-state index >= 15 is 0 Å². The van der Waals surface area contributed by atoms with Gasteiger partial charge in [-0.2, -0.15) is 0 Å². The highest BCUT2D eigenvalue weighted by Gasteiger charge is 2.17. The van der Waals surface area contributed by atoms with Gasteiger partial charge >= 0.3 is 0 Å². The van der Waals surface area contributed by atoms with Crippen LogP contribution in [0.4, 0.5) is 5.69 Å². The van der Waals surface area contributed by atoms with E-state index in [1.54, 1.807) is 6.07 Å². The highest BCUT2D eigenvalue weighted by atomic mass is 79.9. The van der Waals surface area contributed by atoms with Crippen LogP contribution in [0.5, 0.6) is 0 Å². The Morgan fingerprint density at radius 2 is 1.67 bits per heavy atom. The minimum absolute atomic E-state index is 0.0565. The van der Waals surface area contributed by atoms with Crippen molar-refractivity contribution in [2.75, 3.05) is 18.8 Å². The molecule has 1 aromatic rings. The first-order chi connectivity index (χ1) is 10.1. The summed E-state index contributed by atoms with van der Waals surface area (Å²) in [5.74, 6) is 0.0565. The summed E-state index contributed by atoms with van der Waals surface area (Å²) in [7, 11) is 0. The molecule has 0 saturated carbocycles. The fourth-order valence-electron chi connectivity index (χ4n) is 2.30. The van der Waals surface area contributed by atoms with Crippen LogP contribution >= 0.6 is 15.9 Å². The van der Waals surface area contributed by atoms with Gasteiger partial charge in [0, 0.05) is 23.2 Å². The molecule has 0 aliphatic heterocycles. The Morgan fingerprint density at radius 1 is 1.10 bits per heavy atom. The van der Waals surface area contributed by atoms with Crippen LogP contribution in [0.15, 0.2) is 22.7 Å². The molecule has 0 radical (unpaired) electrons. The van der Waals surface area contributed by atoms with E-state index in [0.717, 1.165) is 56.1 Å². The largest absolute Gasteiger partial charge is 0.398 e. The van der Waals surface area contributed by atoms with E-state index in [9.17, 15) is 4.79 Å². The van der Waals surface area contributed by atoms with Crippen LogP contribution in [0.1, 0.15) is 62.7 Å². The van der Waals surface area contributed by atoms with Gasteiger partial charge in [0.15, 0.2) is 0 Å². The summed E-state index contributed by atoms with van der Waals surface area (Å²) in [6, 6.07) is 5.47. The first-order valence-corrected chi connectivity index (χ1v) is 8.73. The van der Waals surface area contributed by atoms with E-state index in [2.05, 4.69) is 29.8 Å². The zero-order valence-electron chi connectivity index (χ0n) is 13.2. The number of carbonyl (C=O) groups is 1. The minimum atomic E-state index is 0.0565. The van der Waals surface area contributed by atoms with Gasteiger partial charge in [0.2, 0.25) is 0 Å². The van der Waals surface area contributed by atoms with Crippen molar-refractivity contribution in [1.29, 1.82) is 0 Å². The molecule has 2 N–H and O–H groups in total. The quantitative estimate of drug-likeness (QED) is 0.508. The van der Waals surface area contributed by atoms with Crippen molar-refractivity contribution in [2.24, 2.45) is 0 Å². The number of nitrogens with zero attached hydrogens (tertiary/aromatic N) is 1. The van der Waals surface area contributed by atoms with Crippen molar-refractivity contribution in [3.8, 4) is 0 Å². The molecule has 0 unspecified atom stereocenters. The first-order valence-electron chi connectivity index (χ1n) is 7.94. The molecule has 0 saturated heterocycles. The lowest BCUT2D eigenvalue weighted by Gasteiger charge is -2.23. The molecule has 0 atom stereocenters. The second kappa shape index (κ2) is 9.82. The third-order valence-electron chi connectivity index (χ3n) is 3.60.